The molecule has 0 saturated heterocycles. The van der Waals surface area contributed by atoms with Gasteiger partial charge in [0.2, 0.25) is 0 Å². The number of alkyl halides is 2. The highest BCUT2D eigenvalue weighted by Gasteiger charge is 2.22. The molecule has 1 aromatic carbocycles. The lowest BCUT2D eigenvalue weighted by Gasteiger charge is -2.13. The van der Waals surface area contributed by atoms with Crippen molar-refractivity contribution in [3.63, 3.8) is 0 Å². The van der Waals surface area contributed by atoms with Crippen LogP contribution in [-0.2, 0) is 3.68 Å². The van der Waals surface area contributed by atoms with Gasteiger partial charge in [-0.1, -0.05) is 34.1 Å². The van der Waals surface area contributed by atoms with Crippen molar-refractivity contribution >= 4 is 38.5 Å². The summed E-state index contributed by atoms with van der Waals surface area (Å²) < 4.78 is 12.9. The third-order valence-corrected chi connectivity index (χ3v) is 2.62. The van der Waals surface area contributed by atoms with E-state index in [1.807, 2.05) is 18.2 Å². The molecule has 0 fully saturated rings. The van der Waals surface area contributed by atoms with Gasteiger partial charge in [-0.15, -0.1) is 0 Å². The third-order valence-electron chi connectivity index (χ3n) is 1.35. The summed E-state index contributed by atoms with van der Waals surface area (Å²) in [6.07, 6.45) is 0. The average Bonchev–Trinajstić information content (AvgIpc) is 1.86. The highest BCUT2D eigenvalue weighted by Crippen LogP contribution is 2.36. The first-order valence-electron chi connectivity index (χ1n) is 3.14. The Morgan fingerprint density at radius 2 is 2.00 bits per heavy atom. The Hall–Kier alpha value is 0.360. The second kappa shape index (κ2) is 3.39. The van der Waals surface area contributed by atoms with Gasteiger partial charge in [0.25, 0.3) is 0 Å². The Morgan fingerprint density at radius 3 is 2.36 bits per heavy atom. The van der Waals surface area contributed by atoms with E-state index in [0.29, 0.717) is 5.56 Å². The van der Waals surface area contributed by atoms with Crippen LogP contribution < -0.4 is 0 Å². The molecule has 3 heteroatoms. The molecular weight excluding hydrogens is 322 g/mol. The highest BCUT2D eigenvalue weighted by molar-refractivity contribution is 14.1. The van der Waals surface area contributed by atoms with Crippen LogP contribution in [0.1, 0.15) is 12.5 Å². The maximum absolute atomic E-state index is 13.3. The van der Waals surface area contributed by atoms with Gasteiger partial charge >= 0.3 is 0 Å². The van der Waals surface area contributed by atoms with Crippen LogP contribution in [-0.4, -0.2) is 0 Å². The minimum Gasteiger partial charge on any atom is -0.227 e. The molecule has 60 valence electrons. The minimum absolute atomic E-state index is 0.681. The quantitative estimate of drug-likeness (QED) is 0.539. The first-order valence-corrected chi connectivity index (χ1v) is 5.02. The molecule has 1 unspecified atom stereocenters. The zero-order valence-electron chi connectivity index (χ0n) is 5.94. The van der Waals surface area contributed by atoms with Gasteiger partial charge in [-0.3, -0.25) is 0 Å². The van der Waals surface area contributed by atoms with E-state index in [-0.39, 0.29) is 0 Å². The smallest absolute Gasteiger partial charge is 0.184 e. The monoisotopic (exact) mass is 328 g/mol. The van der Waals surface area contributed by atoms with Crippen molar-refractivity contribution < 1.29 is 4.39 Å². The topological polar surface area (TPSA) is 0 Å². The molecular formula is C8H7BrFI. The van der Waals surface area contributed by atoms with Crippen LogP contribution in [0.15, 0.2) is 28.7 Å². The molecule has 0 aliphatic rings. The number of benzene rings is 1. The van der Waals surface area contributed by atoms with Gasteiger partial charge < -0.3 is 0 Å². The number of halogens is 3. The van der Waals surface area contributed by atoms with E-state index in [0.717, 1.165) is 4.47 Å². The largest absolute Gasteiger partial charge is 0.227 e. The Bertz CT molecular complexity index is 255. The summed E-state index contributed by atoms with van der Waals surface area (Å²) in [4.78, 5) is 0. The lowest BCUT2D eigenvalue weighted by molar-refractivity contribution is 0.348. The normalized spacial score (nSPS) is 16.0. The maximum atomic E-state index is 13.3. The van der Waals surface area contributed by atoms with E-state index in [1.165, 1.54) is 6.92 Å². The van der Waals surface area contributed by atoms with Gasteiger partial charge in [-0.05, 0) is 35.6 Å². The van der Waals surface area contributed by atoms with Crippen molar-refractivity contribution in [2.75, 3.05) is 0 Å². The summed E-state index contributed by atoms with van der Waals surface area (Å²) in [5.41, 5.74) is 0.681. The molecule has 0 aliphatic heterocycles. The van der Waals surface area contributed by atoms with Gasteiger partial charge in [-0.25, -0.2) is 4.39 Å². The van der Waals surface area contributed by atoms with Crippen molar-refractivity contribution in [3.05, 3.63) is 34.3 Å². The van der Waals surface area contributed by atoms with Crippen LogP contribution in [0.4, 0.5) is 4.39 Å². The summed E-state index contributed by atoms with van der Waals surface area (Å²) in [6, 6.07) is 7.31. The molecule has 0 spiro atoms. The van der Waals surface area contributed by atoms with Crippen LogP contribution in [0, 0.1) is 0 Å². The Labute approximate surface area is 87.5 Å². The highest BCUT2D eigenvalue weighted by atomic mass is 127. The molecule has 0 bridgehead atoms. The summed E-state index contributed by atoms with van der Waals surface area (Å²) in [7, 11) is 0. The van der Waals surface area contributed by atoms with Crippen molar-refractivity contribution in [2.45, 2.75) is 10.6 Å². The van der Waals surface area contributed by atoms with E-state index in [1.54, 1.807) is 28.7 Å². The van der Waals surface area contributed by atoms with Crippen molar-refractivity contribution in [1.29, 1.82) is 0 Å². The molecule has 1 atom stereocenters. The zero-order chi connectivity index (χ0) is 8.48. The van der Waals surface area contributed by atoms with Gasteiger partial charge in [0, 0.05) is 10.0 Å². The summed E-state index contributed by atoms with van der Waals surface area (Å²) >= 11 is 5.06. The fourth-order valence-corrected chi connectivity index (χ4v) is 2.32. The van der Waals surface area contributed by atoms with Crippen LogP contribution in [0.5, 0.6) is 0 Å². The van der Waals surface area contributed by atoms with Crippen LogP contribution in [0.2, 0.25) is 0 Å². The predicted molar refractivity (Wildman–Crippen MR) is 56.6 cm³/mol. The molecule has 0 N–H and O–H groups in total. The molecule has 11 heavy (non-hydrogen) atoms. The lowest BCUT2D eigenvalue weighted by Crippen LogP contribution is -2.04. The van der Waals surface area contributed by atoms with Crippen molar-refractivity contribution in [1.82, 2.24) is 0 Å². The van der Waals surface area contributed by atoms with Crippen molar-refractivity contribution in [2.24, 2.45) is 0 Å². The lowest BCUT2D eigenvalue weighted by atomic mass is 10.1. The van der Waals surface area contributed by atoms with E-state index < -0.39 is 3.68 Å². The summed E-state index contributed by atoms with van der Waals surface area (Å²) in [5, 5.41) is 0. The van der Waals surface area contributed by atoms with Gasteiger partial charge in [-0.2, -0.15) is 0 Å². The fourth-order valence-electron chi connectivity index (χ4n) is 0.817. The molecule has 1 aromatic rings. The Balaban J connectivity index is 3.14. The molecule has 0 nitrogen and oxygen atoms in total. The van der Waals surface area contributed by atoms with E-state index in [4.69, 9.17) is 0 Å². The molecule has 0 aromatic heterocycles. The maximum Gasteiger partial charge on any atom is 0.184 e. The first-order chi connectivity index (χ1) is 5.02. The molecule has 1 rings (SSSR count). The molecule has 0 aliphatic carbocycles. The Kier molecular flexibility index (Phi) is 2.91. The zero-order valence-corrected chi connectivity index (χ0v) is 9.69. The standard InChI is InChI=1S/C8H7BrFI/c1-8(10,11)6-4-2-3-5-7(6)9/h2-5H,1H3. The number of hydrogen-bond donors (Lipinski definition) is 0. The first kappa shape index (κ1) is 9.45. The van der Waals surface area contributed by atoms with Gasteiger partial charge in [0.1, 0.15) is 0 Å². The second-order valence-electron chi connectivity index (χ2n) is 2.37. The molecule has 0 radical (unpaired) electrons. The van der Waals surface area contributed by atoms with Crippen LogP contribution >= 0.6 is 38.5 Å². The van der Waals surface area contributed by atoms with E-state index >= 15 is 0 Å². The third kappa shape index (κ3) is 2.40. The molecule has 0 amide bonds. The van der Waals surface area contributed by atoms with Gasteiger partial charge in [0.15, 0.2) is 3.68 Å². The van der Waals surface area contributed by atoms with E-state index in [2.05, 4.69) is 15.9 Å². The minimum atomic E-state index is -1.29. The van der Waals surface area contributed by atoms with Crippen molar-refractivity contribution in [3.8, 4) is 0 Å². The second-order valence-corrected chi connectivity index (χ2v) is 5.25. The average molecular weight is 329 g/mol. The molecule has 0 heterocycles. The van der Waals surface area contributed by atoms with Crippen LogP contribution in [0.3, 0.4) is 0 Å². The van der Waals surface area contributed by atoms with E-state index in [9.17, 15) is 4.39 Å². The summed E-state index contributed by atoms with van der Waals surface area (Å²) in [6.45, 7) is 1.54. The Morgan fingerprint density at radius 1 is 1.45 bits per heavy atom. The number of hydrogen-bond acceptors (Lipinski definition) is 0. The predicted octanol–water partition coefficient (Wildman–Crippen LogP) is 4.03. The molecule has 0 saturated carbocycles. The van der Waals surface area contributed by atoms with Crippen LogP contribution in [0.25, 0.3) is 0 Å². The summed E-state index contributed by atoms with van der Waals surface area (Å²) in [5.74, 6) is 0. The fraction of sp³-hybridized carbons (Fsp3) is 0.250. The SMILES string of the molecule is CC(F)(I)c1ccccc1Br. The van der Waals surface area contributed by atoms with Gasteiger partial charge in [0.05, 0.1) is 0 Å². The number of rotatable bonds is 1.